The Labute approximate surface area is 120 Å². The van der Waals surface area contributed by atoms with Crippen molar-refractivity contribution in [2.75, 3.05) is 31.5 Å². The predicted molar refractivity (Wildman–Crippen MR) is 82.2 cm³/mol. The van der Waals surface area contributed by atoms with Crippen molar-refractivity contribution < 1.29 is 4.90 Å². The van der Waals surface area contributed by atoms with Gasteiger partial charge in [-0.15, -0.1) is 0 Å². The second-order valence-electron chi connectivity index (χ2n) is 5.49. The number of benzene rings is 1. The number of anilines is 1. The van der Waals surface area contributed by atoms with Crippen LogP contribution in [-0.2, 0) is 6.42 Å². The molecule has 1 aliphatic heterocycles. The van der Waals surface area contributed by atoms with Gasteiger partial charge in [0, 0.05) is 24.6 Å². The van der Waals surface area contributed by atoms with Gasteiger partial charge in [-0.3, -0.25) is 0 Å². The Hall–Kier alpha value is -1.68. The van der Waals surface area contributed by atoms with Crippen LogP contribution in [-0.4, -0.2) is 36.1 Å². The molecule has 106 valence electrons. The number of aryl methyl sites for hydroxylation is 1. The summed E-state index contributed by atoms with van der Waals surface area (Å²) in [7, 11) is 0. The van der Waals surface area contributed by atoms with E-state index in [4.69, 9.17) is 0 Å². The highest BCUT2D eigenvalue weighted by molar-refractivity contribution is 5.88. The van der Waals surface area contributed by atoms with Crippen LogP contribution in [0.1, 0.15) is 25.6 Å². The average Bonchev–Trinajstić information content (AvgIpc) is 3.00. The quantitative estimate of drug-likeness (QED) is 0.861. The van der Waals surface area contributed by atoms with Crippen LogP contribution in [0.4, 0.5) is 5.82 Å². The summed E-state index contributed by atoms with van der Waals surface area (Å²) >= 11 is 0. The molecule has 20 heavy (non-hydrogen) atoms. The Bertz CT molecular complexity index is 576. The lowest BCUT2D eigenvalue weighted by Gasteiger charge is -2.14. The molecular formula is C16H23N4+. The summed E-state index contributed by atoms with van der Waals surface area (Å²) in [6.07, 6.45) is 3.63. The third-order valence-corrected chi connectivity index (χ3v) is 4.05. The molecule has 0 amide bonds. The number of hydrogen-bond acceptors (Lipinski definition) is 3. The number of hydrogen-bond donors (Lipinski definition) is 2. The third-order valence-electron chi connectivity index (χ3n) is 4.05. The zero-order chi connectivity index (χ0) is 13.8. The van der Waals surface area contributed by atoms with E-state index >= 15 is 0 Å². The van der Waals surface area contributed by atoms with Crippen molar-refractivity contribution in [3.63, 3.8) is 0 Å². The lowest BCUT2D eigenvalue weighted by molar-refractivity contribution is -0.885. The van der Waals surface area contributed by atoms with Gasteiger partial charge in [0.2, 0.25) is 0 Å². The highest BCUT2D eigenvalue weighted by Gasteiger charge is 2.14. The van der Waals surface area contributed by atoms with Gasteiger partial charge in [0.15, 0.2) is 0 Å². The van der Waals surface area contributed by atoms with Crippen LogP contribution in [0.5, 0.6) is 0 Å². The zero-order valence-corrected chi connectivity index (χ0v) is 12.2. The summed E-state index contributed by atoms with van der Waals surface area (Å²) in [6, 6.07) is 8.24. The summed E-state index contributed by atoms with van der Waals surface area (Å²) in [4.78, 5) is 11.0. The van der Waals surface area contributed by atoms with Gasteiger partial charge < -0.3 is 10.2 Å². The maximum absolute atomic E-state index is 4.65. The molecule has 2 aromatic rings. The van der Waals surface area contributed by atoms with Gasteiger partial charge in [-0.2, -0.15) is 0 Å². The molecule has 1 aromatic carbocycles. The number of quaternary nitrogens is 1. The maximum atomic E-state index is 4.65. The number of aromatic nitrogens is 2. The van der Waals surface area contributed by atoms with E-state index in [0.717, 1.165) is 35.5 Å². The summed E-state index contributed by atoms with van der Waals surface area (Å²) < 4.78 is 0. The first-order chi connectivity index (χ1) is 9.86. The molecule has 1 fully saturated rings. The number of para-hydroxylation sites is 1. The molecule has 0 spiro atoms. The molecule has 0 aliphatic carbocycles. The van der Waals surface area contributed by atoms with Crippen LogP contribution in [0.25, 0.3) is 10.9 Å². The zero-order valence-electron chi connectivity index (χ0n) is 12.2. The molecule has 3 rings (SSSR count). The summed E-state index contributed by atoms with van der Waals surface area (Å²) in [5.74, 6) is 1.91. The van der Waals surface area contributed by atoms with E-state index in [1.807, 2.05) is 12.1 Å². The van der Waals surface area contributed by atoms with Gasteiger partial charge in [-0.1, -0.05) is 19.1 Å². The van der Waals surface area contributed by atoms with Crippen molar-refractivity contribution >= 4 is 16.7 Å². The molecular weight excluding hydrogens is 248 g/mol. The van der Waals surface area contributed by atoms with Crippen LogP contribution in [0.2, 0.25) is 0 Å². The van der Waals surface area contributed by atoms with Crippen molar-refractivity contribution in [3.8, 4) is 0 Å². The van der Waals surface area contributed by atoms with Crippen molar-refractivity contribution in [1.29, 1.82) is 0 Å². The molecule has 2 heterocycles. The molecule has 0 bridgehead atoms. The second-order valence-corrected chi connectivity index (χ2v) is 5.49. The van der Waals surface area contributed by atoms with Crippen LogP contribution in [0.3, 0.4) is 0 Å². The molecule has 0 atom stereocenters. The SMILES string of the molecule is CCc1nc(NCC[NH+]2CCCC2)c2ccccc2n1. The number of nitrogens with one attached hydrogen (secondary N) is 2. The lowest BCUT2D eigenvalue weighted by Crippen LogP contribution is -3.10. The standard InChI is InChI=1S/C16H22N4/c1-2-15-18-14-8-4-3-7-13(14)16(19-15)17-9-12-20-10-5-6-11-20/h3-4,7-8H,2,5-6,9-12H2,1H3,(H,17,18,19)/p+1. The van der Waals surface area contributed by atoms with Crippen molar-refractivity contribution in [1.82, 2.24) is 9.97 Å². The van der Waals surface area contributed by atoms with E-state index in [0.29, 0.717) is 0 Å². The fraction of sp³-hybridized carbons (Fsp3) is 0.500. The smallest absolute Gasteiger partial charge is 0.137 e. The minimum atomic E-state index is 0.872. The average molecular weight is 271 g/mol. The molecule has 1 aromatic heterocycles. The van der Waals surface area contributed by atoms with Crippen LogP contribution < -0.4 is 10.2 Å². The first kappa shape index (κ1) is 13.3. The minimum absolute atomic E-state index is 0.872. The molecule has 0 radical (unpaired) electrons. The van der Waals surface area contributed by atoms with Crippen molar-refractivity contribution in [3.05, 3.63) is 30.1 Å². The first-order valence-electron chi connectivity index (χ1n) is 7.70. The summed E-state index contributed by atoms with van der Waals surface area (Å²) in [5.41, 5.74) is 1.04. The summed E-state index contributed by atoms with van der Waals surface area (Å²) in [5, 5.41) is 4.64. The maximum Gasteiger partial charge on any atom is 0.137 e. The van der Waals surface area contributed by atoms with Crippen molar-refractivity contribution in [2.24, 2.45) is 0 Å². The van der Waals surface area contributed by atoms with E-state index in [1.54, 1.807) is 4.90 Å². The topological polar surface area (TPSA) is 42.2 Å². The van der Waals surface area contributed by atoms with Crippen LogP contribution >= 0.6 is 0 Å². The van der Waals surface area contributed by atoms with Gasteiger partial charge in [0.1, 0.15) is 11.6 Å². The molecule has 4 nitrogen and oxygen atoms in total. The predicted octanol–water partition coefficient (Wildman–Crippen LogP) is 1.28. The van der Waals surface area contributed by atoms with E-state index in [2.05, 4.69) is 34.3 Å². The lowest BCUT2D eigenvalue weighted by atomic mass is 10.2. The Kier molecular flexibility index (Phi) is 4.11. The minimum Gasteiger partial charge on any atom is -0.364 e. The molecule has 1 aliphatic rings. The highest BCUT2D eigenvalue weighted by atomic mass is 15.2. The van der Waals surface area contributed by atoms with E-state index in [1.165, 1.54) is 32.5 Å². The third kappa shape index (κ3) is 2.90. The molecule has 4 heteroatoms. The normalized spacial score (nSPS) is 15.8. The fourth-order valence-electron chi connectivity index (χ4n) is 2.90. The number of nitrogens with zero attached hydrogens (tertiary/aromatic N) is 2. The van der Waals surface area contributed by atoms with Gasteiger partial charge in [-0.05, 0) is 12.1 Å². The molecule has 2 N–H and O–H groups in total. The van der Waals surface area contributed by atoms with Crippen molar-refractivity contribution in [2.45, 2.75) is 26.2 Å². The monoisotopic (exact) mass is 271 g/mol. The van der Waals surface area contributed by atoms with E-state index in [-0.39, 0.29) is 0 Å². The van der Waals surface area contributed by atoms with E-state index < -0.39 is 0 Å². The summed E-state index contributed by atoms with van der Waals surface area (Å²) in [6.45, 7) is 6.92. The molecule has 0 saturated carbocycles. The Morgan fingerprint density at radius 2 is 1.95 bits per heavy atom. The van der Waals surface area contributed by atoms with Gasteiger partial charge in [-0.25, -0.2) is 9.97 Å². The highest BCUT2D eigenvalue weighted by Crippen LogP contribution is 2.19. The van der Waals surface area contributed by atoms with Crippen LogP contribution in [0.15, 0.2) is 24.3 Å². The fourth-order valence-corrected chi connectivity index (χ4v) is 2.90. The largest absolute Gasteiger partial charge is 0.364 e. The van der Waals surface area contributed by atoms with E-state index in [9.17, 15) is 0 Å². The van der Waals surface area contributed by atoms with Gasteiger partial charge in [0.05, 0.1) is 31.7 Å². The van der Waals surface area contributed by atoms with Crippen LogP contribution in [0, 0.1) is 0 Å². The molecule has 1 saturated heterocycles. The van der Waals surface area contributed by atoms with Gasteiger partial charge >= 0.3 is 0 Å². The number of likely N-dealkylation sites (tertiary alicyclic amines) is 1. The number of fused-ring (bicyclic) bond motifs is 1. The Morgan fingerprint density at radius 1 is 1.15 bits per heavy atom. The molecule has 0 unspecified atom stereocenters. The first-order valence-corrected chi connectivity index (χ1v) is 7.70. The Balaban J connectivity index is 1.75. The Morgan fingerprint density at radius 3 is 2.75 bits per heavy atom. The second kappa shape index (κ2) is 6.18. The van der Waals surface area contributed by atoms with Gasteiger partial charge in [0.25, 0.3) is 0 Å². The number of rotatable bonds is 5.